The summed E-state index contributed by atoms with van der Waals surface area (Å²) in [6.07, 6.45) is 3.50. The zero-order chi connectivity index (χ0) is 22.7. The van der Waals surface area contributed by atoms with Crippen molar-refractivity contribution in [1.82, 2.24) is 14.3 Å². The van der Waals surface area contributed by atoms with Crippen LogP contribution in [0, 0.1) is 6.92 Å². The van der Waals surface area contributed by atoms with Crippen LogP contribution < -0.4 is 10.1 Å². The molecule has 1 amide bonds. The Morgan fingerprint density at radius 2 is 2.00 bits per heavy atom. The van der Waals surface area contributed by atoms with Crippen LogP contribution in [0.15, 0.2) is 52.9 Å². The monoisotopic (exact) mass is 472 g/mol. The molecule has 1 saturated heterocycles. The molecule has 0 spiro atoms. The van der Waals surface area contributed by atoms with Crippen molar-refractivity contribution >= 4 is 32.4 Å². The van der Waals surface area contributed by atoms with Crippen molar-refractivity contribution in [3.05, 3.63) is 53.7 Å². The molecule has 0 radical (unpaired) electrons. The minimum Gasteiger partial charge on any atom is -0.497 e. The molecule has 1 aliphatic rings. The number of nitrogens with one attached hydrogen (secondary N) is 1. The summed E-state index contributed by atoms with van der Waals surface area (Å²) < 4.78 is 33.1. The van der Waals surface area contributed by atoms with Crippen LogP contribution in [0.4, 0.5) is 5.13 Å². The third-order valence-electron chi connectivity index (χ3n) is 5.42. The molecule has 0 unspecified atom stereocenters. The van der Waals surface area contributed by atoms with Gasteiger partial charge in [0.15, 0.2) is 5.13 Å². The molecule has 3 heterocycles. The Bertz CT molecular complexity index is 1210. The highest BCUT2D eigenvalue weighted by Crippen LogP contribution is 2.29. The van der Waals surface area contributed by atoms with Crippen LogP contribution in [-0.2, 0) is 14.8 Å². The molecule has 10 heteroatoms. The van der Waals surface area contributed by atoms with Gasteiger partial charge >= 0.3 is 0 Å². The van der Waals surface area contributed by atoms with Gasteiger partial charge in [-0.15, -0.1) is 11.3 Å². The lowest BCUT2D eigenvalue weighted by molar-refractivity contribution is -0.120. The van der Waals surface area contributed by atoms with Crippen molar-refractivity contribution in [2.24, 2.45) is 0 Å². The molecule has 1 fully saturated rings. The number of anilines is 1. The van der Waals surface area contributed by atoms with Gasteiger partial charge in [0, 0.05) is 23.7 Å². The van der Waals surface area contributed by atoms with Crippen LogP contribution in [0.3, 0.4) is 0 Å². The van der Waals surface area contributed by atoms with E-state index in [-0.39, 0.29) is 10.8 Å². The van der Waals surface area contributed by atoms with Crippen LogP contribution in [0.2, 0.25) is 0 Å². The van der Waals surface area contributed by atoms with E-state index in [1.165, 1.54) is 21.7 Å². The van der Waals surface area contributed by atoms with Crippen molar-refractivity contribution in [3.63, 3.8) is 0 Å². The summed E-state index contributed by atoms with van der Waals surface area (Å²) in [4.78, 5) is 21.8. The van der Waals surface area contributed by atoms with Crippen LogP contribution in [0.25, 0.3) is 11.3 Å². The number of hydrogen-bond acceptors (Lipinski definition) is 7. The van der Waals surface area contributed by atoms with Gasteiger partial charge in [-0.3, -0.25) is 9.78 Å². The van der Waals surface area contributed by atoms with Gasteiger partial charge in [0.1, 0.15) is 16.7 Å². The van der Waals surface area contributed by atoms with Gasteiger partial charge in [0.2, 0.25) is 15.9 Å². The number of ether oxygens (including phenoxy) is 1. The number of aryl methyl sites for hydroxylation is 1. The van der Waals surface area contributed by atoms with E-state index in [1.807, 2.05) is 29.6 Å². The van der Waals surface area contributed by atoms with Crippen LogP contribution in [0.5, 0.6) is 5.75 Å². The molecule has 1 aromatic carbocycles. The van der Waals surface area contributed by atoms with Crippen LogP contribution >= 0.6 is 11.3 Å². The summed E-state index contributed by atoms with van der Waals surface area (Å²) in [5, 5.41) is 5.10. The molecule has 1 N–H and O–H groups in total. The normalized spacial score (nSPS) is 17.1. The standard InChI is InChI=1S/C22H24N4O4S2/c1-15-20(7-5-12-23-15)32(28,29)26-13-4-3-6-19(26)21(27)25-22-24-18(14-31-22)16-8-10-17(30-2)11-9-16/h5,7-12,14,19H,3-4,6,13H2,1-2H3,(H,24,25,27)/t19-/m1/s1. The van der Waals surface area contributed by atoms with E-state index in [2.05, 4.69) is 15.3 Å². The zero-order valence-corrected chi connectivity index (χ0v) is 19.4. The predicted octanol–water partition coefficient (Wildman–Crippen LogP) is 3.70. The van der Waals surface area contributed by atoms with Gasteiger partial charge < -0.3 is 10.1 Å². The number of carbonyl (C=O) groups is 1. The molecule has 1 aliphatic heterocycles. The van der Waals surface area contributed by atoms with Gasteiger partial charge in [0.05, 0.1) is 18.5 Å². The number of hydrogen-bond donors (Lipinski definition) is 1. The minimum atomic E-state index is -3.84. The number of sulfonamides is 1. The Labute approximate surface area is 191 Å². The number of pyridine rings is 1. The Morgan fingerprint density at radius 3 is 2.72 bits per heavy atom. The second-order valence-electron chi connectivity index (χ2n) is 7.47. The van der Waals surface area contributed by atoms with E-state index >= 15 is 0 Å². The Balaban J connectivity index is 1.53. The number of carbonyl (C=O) groups excluding carboxylic acids is 1. The van der Waals surface area contributed by atoms with E-state index in [0.29, 0.717) is 30.2 Å². The molecule has 0 aliphatic carbocycles. The van der Waals surface area contributed by atoms with Crippen LogP contribution in [0.1, 0.15) is 25.0 Å². The van der Waals surface area contributed by atoms with Crippen LogP contribution in [-0.4, -0.2) is 48.3 Å². The highest BCUT2D eigenvalue weighted by atomic mass is 32.2. The van der Waals surface area contributed by atoms with Gasteiger partial charge in [0.25, 0.3) is 0 Å². The van der Waals surface area contributed by atoms with E-state index in [9.17, 15) is 13.2 Å². The summed E-state index contributed by atoms with van der Waals surface area (Å²) in [5.74, 6) is 0.380. The average Bonchev–Trinajstić information content (AvgIpc) is 3.27. The summed E-state index contributed by atoms with van der Waals surface area (Å²) in [6.45, 7) is 1.95. The number of benzene rings is 1. The maximum absolute atomic E-state index is 13.3. The zero-order valence-electron chi connectivity index (χ0n) is 17.8. The second-order valence-corrected chi connectivity index (χ2v) is 10.2. The molecular formula is C22H24N4O4S2. The fourth-order valence-corrected chi connectivity index (χ4v) is 6.29. The first-order valence-corrected chi connectivity index (χ1v) is 12.6. The second kappa shape index (κ2) is 9.35. The molecule has 32 heavy (non-hydrogen) atoms. The molecule has 4 rings (SSSR count). The maximum atomic E-state index is 13.3. The van der Waals surface area contributed by atoms with E-state index in [1.54, 1.807) is 26.3 Å². The number of nitrogens with zero attached hydrogens (tertiary/aromatic N) is 3. The number of methoxy groups -OCH3 is 1. The van der Waals surface area contributed by atoms with Gasteiger partial charge in [-0.25, -0.2) is 13.4 Å². The minimum absolute atomic E-state index is 0.135. The Kier molecular flexibility index (Phi) is 6.54. The number of rotatable bonds is 6. The first-order chi connectivity index (χ1) is 15.4. The number of thiazole rings is 1. The third-order valence-corrected chi connectivity index (χ3v) is 8.22. The lowest BCUT2D eigenvalue weighted by Gasteiger charge is -2.33. The summed E-state index contributed by atoms with van der Waals surface area (Å²) in [6, 6.07) is 9.81. The number of piperidine rings is 1. The number of amides is 1. The third kappa shape index (κ3) is 4.52. The maximum Gasteiger partial charge on any atom is 0.245 e. The fourth-order valence-electron chi connectivity index (χ4n) is 3.74. The fraction of sp³-hybridized carbons (Fsp3) is 0.318. The SMILES string of the molecule is COc1ccc(-c2csc(NC(=O)[C@H]3CCCCN3S(=O)(=O)c3cccnc3C)n2)cc1. The number of aromatic nitrogens is 2. The Hall–Kier alpha value is -2.82. The smallest absolute Gasteiger partial charge is 0.245 e. The van der Waals surface area contributed by atoms with Crippen molar-refractivity contribution in [2.75, 3.05) is 19.0 Å². The largest absolute Gasteiger partial charge is 0.497 e. The van der Waals surface area contributed by atoms with Crippen molar-refractivity contribution in [2.45, 2.75) is 37.1 Å². The molecule has 3 aromatic rings. The molecule has 2 aromatic heterocycles. The van der Waals surface area contributed by atoms with Gasteiger partial charge in [-0.05, 0) is 56.2 Å². The van der Waals surface area contributed by atoms with Crippen molar-refractivity contribution in [1.29, 1.82) is 0 Å². The Morgan fingerprint density at radius 1 is 1.22 bits per heavy atom. The van der Waals surface area contributed by atoms with Crippen molar-refractivity contribution in [3.8, 4) is 17.0 Å². The van der Waals surface area contributed by atoms with Gasteiger partial charge in [-0.1, -0.05) is 6.42 Å². The van der Waals surface area contributed by atoms with Crippen molar-refractivity contribution < 1.29 is 17.9 Å². The van der Waals surface area contributed by atoms with E-state index < -0.39 is 16.1 Å². The average molecular weight is 473 g/mol. The summed E-state index contributed by atoms with van der Waals surface area (Å²) >= 11 is 1.30. The van der Waals surface area contributed by atoms with E-state index in [0.717, 1.165) is 23.4 Å². The highest BCUT2D eigenvalue weighted by molar-refractivity contribution is 7.89. The van der Waals surface area contributed by atoms with Gasteiger partial charge in [-0.2, -0.15) is 4.31 Å². The quantitative estimate of drug-likeness (QED) is 0.587. The molecule has 1 atom stereocenters. The molecule has 0 saturated carbocycles. The molecular weight excluding hydrogens is 448 g/mol. The first-order valence-electron chi connectivity index (χ1n) is 10.2. The lowest BCUT2D eigenvalue weighted by atomic mass is 10.0. The lowest BCUT2D eigenvalue weighted by Crippen LogP contribution is -2.50. The topological polar surface area (TPSA) is 101 Å². The molecule has 0 bridgehead atoms. The van der Waals surface area contributed by atoms with E-state index in [4.69, 9.17) is 4.74 Å². The summed E-state index contributed by atoms with van der Waals surface area (Å²) in [7, 11) is -2.24. The molecule has 168 valence electrons. The summed E-state index contributed by atoms with van der Waals surface area (Å²) in [5.41, 5.74) is 2.05. The predicted molar refractivity (Wildman–Crippen MR) is 123 cm³/mol. The molecule has 8 nitrogen and oxygen atoms in total. The first kappa shape index (κ1) is 22.4. The highest BCUT2D eigenvalue weighted by Gasteiger charge is 2.38.